The normalized spacial score (nSPS) is 10.4. The van der Waals surface area contributed by atoms with Gasteiger partial charge in [-0.25, -0.2) is 0 Å². The zero-order valence-electron chi connectivity index (χ0n) is 7.77. The van der Waals surface area contributed by atoms with Crippen LogP contribution in [0, 0.1) is 0 Å². The third kappa shape index (κ3) is 1.83. The lowest BCUT2D eigenvalue weighted by Crippen LogP contribution is -1.89. The lowest BCUT2D eigenvalue weighted by Gasteiger charge is -2.00. The van der Waals surface area contributed by atoms with Gasteiger partial charge in [0.2, 0.25) is 0 Å². The largest absolute Gasteiger partial charge is 0.396 e. The number of hydrogen-bond acceptors (Lipinski definition) is 2. The molecule has 2 aromatic rings. The maximum absolute atomic E-state index is 8.76. The summed E-state index contributed by atoms with van der Waals surface area (Å²) in [5, 5.41) is 15.6. The molecule has 0 radical (unpaired) electrons. The molecule has 0 amide bonds. The number of hydrogen-bond donors (Lipinski definition) is 2. The van der Waals surface area contributed by atoms with Crippen LogP contribution in [0.1, 0.15) is 5.56 Å². The van der Waals surface area contributed by atoms with Gasteiger partial charge >= 0.3 is 0 Å². The average molecular weight is 188 g/mol. The van der Waals surface area contributed by atoms with Crippen LogP contribution in [-0.2, 0) is 6.42 Å². The Kier molecular flexibility index (Phi) is 2.60. The van der Waals surface area contributed by atoms with Crippen molar-refractivity contribution in [3.8, 4) is 11.3 Å². The van der Waals surface area contributed by atoms with Crippen molar-refractivity contribution >= 4 is 0 Å². The third-order valence-electron chi connectivity index (χ3n) is 2.17. The van der Waals surface area contributed by atoms with Gasteiger partial charge in [0.1, 0.15) is 0 Å². The molecule has 0 saturated carbocycles. The van der Waals surface area contributed by atoms with E-state index in [0.717, 1.165) is 16.8 Å². The molecule has 3 nitrogen and oxygen atoms in total. The van der Waals surface area contributed by atoms with Crippen LogP contribution in [0.3, 0.4) is 0 Å². The first-order valence-electron chi connectivity index (χ1n) is 4.59. The highest BCUT2D eigenvalue weighted by Gasteiger charge is 1.98. The fraction of sp³-hybridized carbons (Fsp3) is 0.182. The summed E-state index contributed by atoms with van der Waals surface area (Å²) in [5.41, 5.74) is 3.28. The van der Waals surface area contributed by atoms with E-state index in [-0.39, 0.29) is 6.61 Å². The van der Waals surface area contributed by atoms with E-state index in [9.17, 15) is 0 Å². The van der Waals surface area contributed by atoms with Gasteiger partial charge in [-0.2, -0.15) is 5.10 Å². The zero-order chi connectivity index (χ0) is 9.80. The highest BCUT2D eigenvalue weighted by Crippen LogP contribution is 2.16. The van der Waals surface area contributed by atoms with Crippen molar-refractivity contribution in [1.29, 1.82) is 0 Å². The summed E-state index contributed by atoms with van der Waals surface area (Å²) in [6.45, 7) is 0.198. The molecule has 3 heteroatoms. The zero-order valence-corrected chi connectivity index (χ0v) is 7.77. The van der Waals surface area contributed by atoms with Gasteiger partial charge in [-0.1, -0.05) is 24.3 Å². The maximum Gasteiger partial charge on any atom is 0.0650 e. The van der Waals surface area contributed by atoms with E-state index in [1.165, 1.54) is 0 Å². The molecule has 0 aliphatic rings. The summed E-state index contributed by atoms with van der Waals surface area (Å²) < 4.78 is 0. The highest BCUT2D eigenvalue weighted by atomic mass is 16.2. The number of nitrogens with one attached hydrogen (secondary N) is 1. The molecule has 0 saturated heterocycles. The minimum Gasteiger partial charge on any atom is -0.396 e. The van der Waals surface area contributed by atoms with Crippen molar-refractivity contribution in [2.24, 2.45) is 0 Å². The first-order chi connectivity index (χ1) is 6.90. The van der Waals surface area contributed by atoms with Gasteiger partial charge in [-0.3, -0.25) is 5.10 Å². The predicted octanol–water partition coefficient (Wildman–Crippen LogP) is 1.61. The Labute approximate surface area is 82.4 Å². The number of rotatable bonds is 3. The summed E-state index contributed by atoms with van der Waals surface area (Å²) in [6, 6.07) is 10.0. The van der Waals surface area contributed by atoms with Crippen LogP contribution in [0.2, 0.25) is 0 Å². The smallest absolute Gasteiger partial charge is 0.0650 e. The SMILES string of the molecule is OCCc1ccc(-c2ccn[nH]2)cc1. The van der Waals surface area contributed by atoms with E-state index in [4.69, 9.17) is 5.11 Å². The van der Waals surface area contributed by atoms with Crippen LogP contribution in [0.5, 0.6) is 0 Å². The Morgan fingerprint density at radius 1 is 1.14 bits per heavy atom. The molecule has 1 aromatic carbocycles. The quantitative estimate of drug-likeness (QED) is 0.768. The molecule has 1 aromatic heterocycles. The topological polar surface area (TPSA) is 48.9 Å². The Morgan fingerprint density at radius 3 is 2.50 bits per heavy atom. The Balaban J connectivity index is 2.22. The van der Waals surface area contributed by atoms with E-state index in [0.29, 0.717) is 6.42 Å². The fourth-order valence-corrected chi connectivity index (χ4v) is 1.40. The standard InChI is InChI=1S/C11H12N2O/c14-8-6-9-1-3-10(4-2-9)11-5-7-12-13-11/h1-5,7,14H,6,8H2,(H,12,13). The van der Waals surface area contributed by atoms with Crippen molar-refractivity contribution in [2.45, 2.75) is 6.42 Å². The molecule has 0 unspecified atom stereocenters. The second-order valence-corrected chi connectivity index (χ2v) is 3.14. The minimum absolute atomic E-state index is 0.198. The van der Waals surface area contributed by atoms with E-state index < -0.39 is 0 Å². The van der Waals surface area contributed by atoms with Crippen LogP contribution >= 0.6 is 0 Å². The molecular weight excluding hydrogens is 176 g/mol. The summed E-state index contributed by atoms with van der Waals surface area (Å²) in [5.74, 6) is 0. The minimum atomic E-state index is 0.198. The molecule has 1 heterocycles. The summed E-state index contributed by atoms with van der Waals surface area (Å²) >= 11 is 0. The summed E-state index contributed by atoms with van der Waals surface area (Å²) in [7, 11) is 0. The summed E-state index contributed by atoms with van der Waals surface area (Å²) in [6.07, 6.45) is 2.44. The number of aliphatic hydroxyl groups is 1. The van der Waals surface area contributed by atoms with Crippen molar-refractivity contribution in [3.05, 3.63) is 42.1 Å². The van der Waals surface area contributed by atoms with E-state index in [1.54, 1.807) is 6.20 Å². The van der Waals surface area contributed by atoms with Gasteiger partial charge < -0.3 is 5.11 Å². The van der Waals surface area contributed by atoms with Gasteiger partial charge in [0.25, 0.3) is 0 Å². The number of H-pyrrole nitrogens is 1. The molecule has 0 atom stereocenters. The van der Waals surface area contributed by atoms with Gasteiger partial charge in [0.15, 0.2) is 0 Å². The third-order valence-corrected chi connectivity index (χ3v) is 2.17. The molecule has 2 N–H and O–H groups in total. The molecule has 0 aliphatic heterocycles. The number of benzene rings is 1. The summed E-state index contributed by atoms with van der Waals surface area (Å²) in [4.78, 5) is 0. The van der Waals surface area contributed by atoms with Crippen LogP contribution in [0.15, 0.2) is 36.5 Å². The number of aromatic nitrogens is 2. The first kappa shape index (κ1) is 8.97. The van der Waals surface area contributed by atoms with Gasteiger partial charge in [-0.05, 0) is 23.6 Å². The Bertz CT molecular complexity index is 378. The fourth-order valence-electron chi connectivity index (χ4n) is 1.40. The van der Waals surface area contributed by atoms with E-state index in [2.05, 4.69) is 10.2 Å². The molecule has 2 rings (SSSR count). The number of nitrogens with zero attached hydrogens (tertiary/aromatic N) is 1. The van der Waals surface area contributed by atoms with Crippen molar-refractivity contribution < 1.29 is 5.11 Å². The molecule has 0 bridgehead atoms. The van der Waals surface area contributed by atoms with E-state index >= 15 is 0 Å². The average Bonchev–Trinajstić information content (AvgIpc) is 2.72. The molecule has 72 valence electrons. The van der Waals surface area contributed by atoms with Crippen molar-refractivity contribution in [2.75, 3.05) is 6.61 Å². The Morgan fingerprint density at radius 2 is 1.93 bits per heavy atom. The molecule has 0 aliphatic carbocycles. The monoisotopic (exact) mass is 188 g/mol. The lowest BCUT2D eigenvalue weighted by atomic mass is 10.1. The highest BCUT2D eigenvalue weighted by molar-refractivity contribution is 5.58. The maximum atomic E-state index is 8.76. The van der Waals surface area contributed by atoms with Gasteiger partial charge in [0.05, 0.1) is 5.69 Å². The van der Waals surface area contributed by atoms with Crippen LogP contribution in [0.25, 0.3) is 11.3 Å². The van der Waals surface area contributed by atoms with Crippen LogP contribution in [-0.4, -0.2) is 21.9 Å². The van der Waals surface area contributed by atoms with Gasteiger partial charge in [0, 0.05) is 12.8 Å². The van der Waals surface area contributed by atoms with Crippen molar-refractivity contribution in [3.63, 3.8) is 0 Å². The number of aliphatic hydroxyl groups excluding tert-OH is 1. The Hall–Kier alpha value is -1.61. The second-order valence-electron chi connectivity index (χ2n) is 3.14. The first-order valence-corrected chi connectivity index (χ1v) is 4.59. The van der Waals surface area contributed by atoms with Gasteiger partial charge in [-0.15, -0.1) is 0 Å². The second kappa shape index (κ2) is 4.07. The lowest BCUT2D eigenvalue weighted by molar-refractivity contribution is 0.299. The molecule has 0 fully saturated rings. The number of aromatic amines is 1. The molecular formula is C11H12N2O. The predicted molar refractivity (Wildman–Crippen MR) is 54.8 cm³/mol. The molecule has 14 heavy (non-hydrogen) atoms. The van der Waals surface area contributed by atoms with Crippen molar-refractivity contribution in [1.82, 2.24) is 10.2 Å². The molecule has 0 spiro atoms. The van der Waals surface area contributed by atoms with Crippen LogP contribution in [0.4, 0.5) is 0 Å². The van der Waals surface area contributed by atoms with E-state index in [1.807, 2.05) is 30.3 Å². The van der Waals surface area contributed by atoms with Crippen LogP contribution < -0.4 is 0 Å².